The third-order valence-electron chi connectivity index (χ3n) is 6.60. The highest BCUT2D eigenvalue weighted by Gasteiger charge is 2.42. The van der Waals surface area contributed by atoms with Crippen LogP contribution in [0.4, 0.5) is 0 Å². The van der Waals surface area contributed by atoms with Crippen LogP contribution in [0.25, 0.3) is 0 Å². The molecule has 2 heterocycles. The predicted molar refractivity (Wildman–Crippen MR) is 138 cm³/mol. The quantitative estimate of drug-likeness (QED) is 0.316. The number of hydrogen-bond acceptors (Lipinski definition) is 5. The molecule has 0 bridgehead atoms. The van der Waals surface area contributed by atoms with Crippen molar-refractivity contribution in [1.29, 1.82) is 0 Å². The Hall–Kier alpha value is -2.95. The maximum absolute atomic E-state index is 13.8. The Morgan fingerprint density at radius 2 is 1.91 bits per heavy atom. The number of aromatic nitrogens is 2. The minimum Gasteiger partial charge on any atom is -0.352 e. The van der Waals surface area contributed by atoms with Crippen molar-refractivity contribution in [2.75, 3.05) is 0 Å². The summed E-state index contributed by atoms with van der Waals surface area (Å²) < 4.78 is 2.02. The molecule has 2 unspecified atom stereocenters. The molecular weight excluding hydrogens is 440 g/mol. The first kappa shape index (κ1) is 28.3. The highest BCUT2D eigenvalue weighted by molar-refractivity contribution is 5.90. The number of carbonyl (C=O) groups is 2. The lowest BCUT2D eigenvalue weighted by atomic mass is 9.81. The van der Waals surface area contributed by atoms with E-state index in [-0.39, 0.29) is 42.3 Å². The van der Waals surface area contributed by atoms with Crippen LogP contribution in [0.2, 0.25) is 0 Å². The summed E-state index contributed by atoms with van der Waals surface area (Å²) in [5, 5.41) is 11.4. The van der Waals surface area contributed by atoms with E-state index in [4.69, 9.17) is 6.42 Å². The SMILES string of the molecule is C#CCCC1(CCC(=O)N(Cc2cncn2C(C)C)C(C(=C)C(C)(C)C)C(=O)NC(C)CC)N=N1. The Morgan fingerprint density at radius 1 is 1.26 bits per heavy atom. The summed E-state index contributed by atoms with van der Waals surface area (Å²) in [7, 11) is 0. The molecule has 8 heteroatoms. The summed E-state index contributed by atoms with van der Waals surface area (Å²) in [4.78, 5) is 33.3. The van der Waals surface area contributed by atoms with Gasteiger partial charge < -0.3 is 14.8 Å². The topological polar surface area (TPSA) is 92.0 Å². The third kappa shape index (κ3) is 7.51. The largest absolute Gasteiger partial charge is 0.352 e. The number of nitrogens with zero attached hydrogens (tertiary/aromatic N) is 5. The van der Waals surface area contributed by atoms with Gasteiger partial charge >= 0.3 is 0 Å². The van der Waals surface area contributed by atoms with E-state index in [1.54, 1.807) is 17.4 Å². The van der Waals surface area contributed by atoms with Crippen molar-refractivity contribution in [2.24, 2.45) is 15.6 Å². The molecule has 0 spiro atoms. The van der Waals surface area contributed by atoms with Crippen molar-refractivity contribution in [3.05, 3.63) is 30.4 Å². The van der Waals surface area contributed by atoms with Crippen LogP contribution in [-0.4, -0.2) is 44.0 Å². The fourth-order valence-electron chi connectivity index (χ4n) is 3.86. The average molecular weight is 483 g/mol. The summed E-state index contributed by atoms with van der Waals surface area (Å²) in [5.41, 5.74) is 0.594. The molecule has 192 valence electrons. The molecule has 0 aromatic carbocycles. The van der Waals surface area contributed by atoms with Crippen LogP contribution >= 0.6 is 0 Å². The Balaban J connectivity index is 2.41. The van der Waals surface area contributed by atoms with Gasteiger partial charge in [-0.3, -0.25) is 9.59 Å². The molecule has 0 radical (unpaired) electrons. The zero-order chi connectivity index (χ0) is 26.4. The van der Waals surface area contributed by atoms with E-state index in [1.165, 1.54) is 0 Å². The fourth-order valence-corrected chi connectivity index (χ4v) is 3.86. The lowest BCUT2D eigenvalue weighted by molar-refractivity contribution is -0.140. The average Bonchev–Trinajstić information content (AvgIpc) is 3.40. The van der Waals surface area contributed by atoms with Crippen LogP contribution in [0.15, 0.2) is 34.9 Å². The van der Waals surface area contributed by atoms with Gasteiger partial charge in [0.1, 0.15) is 6.04 Å². The Kier molecular flexibility index (Phi) is 9.42. The number of carbonyl (C=O) groups excluding carboxylic acids is 2. The molecule has 2 atom stereocenters. The maximum atomic E-state index is 13.8. The minimum atomic E-state index is -0.818. The van der Waals surface area contributed by atoms with E-state index in [9.17, 15) is 9.59 Å². The third-order valence-corrected chi connectivity index (χ3v) is 6.60. The van der Waals surface area contributed by atoms with E-state index < -0.39 is 11.7 Å². The Labute approximate surface area is 210 Å². The minimum absolute atomic E-state index is 0.0213. The maximum Gasteiger partial charge on any atom is 0.247 e. The first-order valence-electron chi connectivity index (χ1n) is 12.5. The fraction of sp³-hybridized carbons (Fsp3) is 0.667. The normalized spacial score (nSPS) is 15.9. The Morgan fingerprint density at radius 3 is 2.43 bits per heavy atom. The molecule has 0 aliphatic carbocycles. The van der Waals surface area contributed by atoms with Crippen LogP contribution in [0.3, 0.4) is 0 Å². The molecule has 1 aromatic rings. The van der Waals surface area contributed by atoms with Crippen LogP contribution in [0, 0.1) is 17.8 Å². The molecule has 2 rings (SSSR count). The molecule has 0 saturated carbocycles. The molecule has 1 N–H and O–H groups in total. The number of rotatable bonds is 13. The van der Waals surface area contributed by atoms with E-state index in [1.807, 2.05) is 39.2 Å². The molecule has 8 nitrogen and oxygen atoms in total. The van der Waals surface area contributed by atoms with E-state index in [0.29, 0.717) is 24.8 Å². The van der Waals surface area contributed by atoms with Crippen LogP contribution in [0.5, 0.6) is 0 Å². The predicted octanol–water partition coefficient (Wildman–Crippen LogP) is 5.03. The first-order valence-corrected chi connectivity index (χ1v) is 12.5. The lowest BCUT2D eigenvalue weighted by Gasteiger charge is -2.38. The second-order valence-corrected chi connectivity index (χ2v) is 10.8. The van der Waals surface area contributed by atoms with E-state index >= 15 is 0 Å². The molecule has 0 fully saturated rings. The first-order chi connectivity index (χ1) is 16.3. The summed E-state index contributed by atoms with van der Waals surface area (Å²) in [6.45, 7) is 18.7. The van der Waals surface area contributed by atoms with E-state index in [2.05, 4.69) is 46.9 Å². The van der Waals surface area contributed by atoms with Crippen molar-refractivity contribution in [1.82, 2.24) is 19.8 Å². The van der Waals surface area contributed by atoms with Gasteiger partial charge in [0.2, 0.25) is 11.8 Å². The van der Waals surface area contributed by atoms with Gasteiger partial charge in [-0.15, -0.1) is 12.3 Å². The summed E-state index contributed by atoms with van der Waals surface area (Å²) in [6, 6.07) is -0.674. The van der Waals surface area contributed by atoms with E-state index in [0.717, 1.165) is 12.1 Å². The van der Waals surface area contributed by atoms with Gasteiger partial charge in [-0.25, -0.2) is 4.98 Å². The summed E-state index contributed by atoms with van der Waals surface area (Å²) in [5.74, 6) is 2.26. The molecule has 35 heavy (non-hydrogen) atoms. The van der Waals surface area contributed by atoms with Crippen LogP contribution in [0.1, 0.15) is 92.3 Å². The van der Waals surface area contributed by atoms with Crippen LogP contribution < -0.4 is 5.32 Å². The van der Waals surface area contributed by atoms with Crippen molar-refractivity contribution >= 4 is 11.8 Å². The van der Waals surface area contributed by atoms with Crippen molar-refractivity contribution in [3.8, 4) is 12.3 Å². The van der Waals surface area contributed by atoms with Crippen molar-refractivity contribution in [2.45, 2.75) is 111 Å². The van der Waals surface area contributed by atoms with Crippen molar-refractivity contribution in [3.63, 3.8) is 0 Å². The monoisotopic (exact) mass is 482 g/mol. The molecule has 1 aliphatic heterocycles. The number of terminal acetylenes is 1. The van der Waals surface area contributed by atoms with Gasteiger partial charge in [0.05, 0.1) is 18.6 Å². The highest BCUT2D eigenvalue weighted by atomic mass is 16.2. The number of imidazole rings is 1. The smallest absolute Gasteiger partial charge is 0.247 e. The molecule has 2 amide bonds. The second kappa shape index (κ2) is 11.7. The summed E-state index contributed by atoms with van der Waals surface area (Å²) in [6.07, 6.45) is 11.6. The van der Waals surface area contributed by atoms with Crippen LogP contribution in [-0.2, 0) is 16.1 Å². The number of hydrogen-bond donors (Lipinski definition) is 1. The zero-order valence-electron chi connectivity index (χ0n) is 22.5. The number of nitrogens with one attached hydrogen (secondary N) is 1. The van der Waals surface area contributed by atoms with Gasteiger partial charge in [0, 0.05) is 44.0 Å². The highest BCUT2D eigenvalue weighted by Crippen LogP contribution is 2.38. The van der Waals surface area contributed by atoms with Gasteiger partial charge in [-0.2, -0.15) is 10.2 Å². The zero-order valence-corrected chi connectivity index (χ0v) is 22.5. The number of amides is 2. The van der Waals surface area contributed by atoms with Gasteiger partial charge in [-0.05, 0) is 38.2 Å². The standard InChI is InChI=1S/C27H42N6O2/c1-10-12-14-27(30-31-27)15-13-23(34)32(17-22-16-28-18-33(22)19(3)4)24(21(6)26(7,8)9)25(35)29-20(5)11-2/h1,16,18-20,24H,6,11-15,17H2,2-5,7-9H3,(H,29,35). The Bertz CT molecular complexity index is 973. The molecular formula is C27H42N6O2. The van der Waals surface area contributed by atoms with Gasteiger partial charge in [-0.1, -0.05) is 34.3 Å². The van der Waals surface area contributed by atoms with Gasteiger partial charge in [0.15, 0.2) is 5.66 Å². The van der Waals surface area contributed by atoms with Gasteiger partial charge in [0.25, 0.3) is 0 Å². The molecule has 0 saturated heterocycles. The molecule has 1 aliphatic rings. The molecule has 1 aromatic heterocycles. The summed E-state index contributed by atoms with van der Waals surface area (Å²) >= 11 is 0. The second-order valence-electron chi connectivity index (χ2n) is 10.8. The van der Waals surface area contributed by atoms with Crippen molar-refractivity contribution < 1.29 is 9.59 Å². The lowest BCUT2D eigenvalue weighted by Crippen LogP contribution is -2.53.